The lowest BCUT2D eigenvalue weighted by atomic mass is 10.0. The van der Waals surface area contributed by atoms with Gasteiger partial charge in [-0.05, 0) is 11.6 Å². The van der Waals surface area contributed by atoms with Crippen molar-refractivity contribution < 1.29 is 40.5 Å². The average Bonchev–Trinajstić information content (AvgIpc) is 3.08. The Balaban J connectivity index is 0.000000279. The van der Waals surface area contributed by atoms with Crippen molar-refractivity contribution in [1.29, 1.82) is 0 Å². The molecule has 0 fully saturated rings. The number of aliphatic carboxylic acids is 1. The highest BCUT2D eigenvalue weighted by atomic mass is 16.4. The van der Waals surface area contributed by atoms with E-state index in [0.29, 0.717) is 6.42 Å². The number of carbonyl (C=O) groups is 1. The summed E-state index contributed by atoms with van der Waals surface area (Å²) in [4.78, 5) is 13.7. The Hall–Kier alpha value is -2.05. The first-order chi connectivity index (χ1) is 12.7. The summed E-state index contributed by atoms with van der Waals surface area (Å²) >= 11 is 0. The van der Waals surface area contributed by atoms with Gasteiger partial charge >= 0.3 is 5.97 Å². The molecule has 2 rings (SSSR count). The van der Waals surface area contributed by atoms with Crippen LogP contribution >= 0.6 is 0 Å². The van der Waals surface area contributed by atoms with Crippen molar-refractivity contribution >= 4 is 16.9 Å². The maximum Gasteiger partial charge on any atom is 0.320 e. The number of aliphatic hydroxyl groups excluding tert-OH is 6. The molecule has 10 nitrogen and oxygen atoms in total. The number of carboxylic acid groups (broad SMARTS) is 1. The van der Waals surface area contributed by atoms with Crippen LogP contribution in [0.15, 0.2) is 30.5 Å². The van der Waals surface area contributed by atoms with Crippen molar-refractivity contribution in [2.24, 2.45) is 5.73 Å². The Labute approximate surface area is 155 Å². The summed E-state index contributed by atoms with van der Waals surface area (Å²) in [5, 5.41) is 61.9. The molecule has 0 amide bonds. The van der Waals surface area contributed by atoms with Crippen LogP contribution in [0.1, 0.15) is 5.56 Å². The fourth-order valence-corrected chi connectivity index (χ4v) is 2.30. The van der Waals surface area contributed by atoms with Gasteiger partial charge in [0.25, 0.3) is 0 Å². The molecule has 2 aromatic rings. The number of hydrogen-bond acceptors (Lipinski definition) is 8. The molecule has 5 atom stereocenters. The zero-order valence-electron chi connectivity index (χ0n) is 14.5. The predicted octanol–water partition coefficient (Wildman–Crippen LogP) is -2.46. The Morgan fingerprint density at radius 3 is 2.00 bits per heavy atom. The molecule has 0 saturated carbocycles. The topological polar surface area (TPSA) is 200 Å². The number of aromatic nitrogens is 1. The molecular formula is C17H26N2O8. The van der Waals surface area contributed by atoms with Gasteiger partial charge in [-0.3, -0.25) is 4.79 Å². The van der Waals surface area contributed by atoms with Crippen molar-refractivity contribution in [2.45, 2.75) is 36.9 Å². The van der Waals surface area contributed by atoms with Crippen LogP contribution < -0.4 is 5.73 Å². The highest BCUT2D eigenvalue weighted by Gasteiger charge is 2.29. The number of nitrogens with one attached hydrogen (secondary N) is 1. The Kier molecular flexibility index (Phi) is 9.32. The lowest BCUT2D eigenvalue weighted by Crippen LogP contribution is -2.46. The van der Waals surface area contributed by atoms with Crippen LogP contribution in [-0.4, -0.2) is 90.4 Å². The van der Waals surface area contributed by atoms with Gasteiger partial charge in [0.2, 0.25) is 0 Å². The van der Waals surface area contributed by atoms with Crippen LogP contribution in [0.3, 0.4) is 0 Å². The standard InChI is InChI=1S/C11H12N2O2.C6H14O6/c12-9(11(14)15)5-7-6-13-10-4-2-1-3-8(7)10;7-1-3(9)5(11)6(12)4(10)2-8/h1-4,6,9,13H,5,12H2,(H,14,15);3-12H,1-2H2. The molecule has 0 aliphatic carbocycles. The van der Waals surface area contributed by atoms with Gasteiger partial charge in [-0.25, -0.2) is 0 Å². The summed E-state index contributed by atoms with van der Waals surface area (Å²) in [6.45, 7) is -1.45. The maximum absolute atomic E-state index is 10.6. The zero-order valence-corrected chi connectivity index (χ0v) is 14.5. The molecule has 0 bridgehead atoms. The summed E-state index contributed by atoms with van der Waals surface area (Å²) in [5.41, 5.74) is 7.43. The Morgan fingerprint density at radius 2 is 1.52 bits per heavy atom. The van der Waals surface area contributed by atoms with Gasteiger partial charge in [-0.2, -0.15) is 0 Å². The van der Waals surface area contributed by atoms with Crippen LogP contribution in [0, 0.1) is 0 Å². The van der Waals surface area contributed by atoms with Crippen LogP contribution in [0.4, 0.5) is 0 Å². The smallest absolute Gasteiger partial charge is 0.320 e. The van der Waals surface area contributed by atoms with Gasteiger partial charge in [-0.15, -0.1) is 0 Å². The molecule has 152 valence electrons. The molecule has 1 aromatic heterocycles. The van der Waals surface area contributed by atoms with Gasteiger partial charge in [-0.1, -0.05) is 18.2 Å². The second-order valence-corrected chi connectivity index (χ2v) is 5.99. The second kappa shape index (κ2) is 10.9. The first kappa shape index (κ1) is 23.0. The lowest BCUT2D eigenvalue weighted by molar-refractivity contribution is -0.138. The van der Waals surface area contributed by atoms with E-state index in [9.17, 15) is 4.79 Å². The molecule has 0 aliphatic rings. The molecule has 0 radical (unpaired) electrons. The van der Waals surface area contributed by atoms with Crippen molar-refractivity contribution in [3.8, 4) is 0 Å². The third-order valence-electron chi connectivity index (χ3n) is 3.94. The quantitative estimate of drug-likeness (QED) is 0.236. The van der Waals surface area contributed by atoms with E-state index in [1.807, 2.05) is 30.5 Å². The van der Waals surface area contributed by atoms with Crippen molar-refractivity contribution in [3.63, 3.8) is 0 Å². The molecule has 0 saturated heterocycles. The molecule has 5 unspecified atom stereocenters. The van der Waals surface area contributed by atoms with Gasteiger partial charge in [0, 0.05) is 23.5 Å². The van der Waals surface area contributed by atoms with E-state index in [-0.39, 0.29) is 0 Å². The number of nitrogens with two attached hydrogens (primary N) is 1. The highest BCUT2D eigenvalue weighted by Crippen LogP contribution is 2.18. The van der Waals surface area contributed by atoms with Crippen LogP contribution in [0.5, 0.6) is 0 Å². The largest absolute Gasteiger partial charge is 0.480 e. The summed E-state index contributed by atoms with van der Waals surface area (Å²) in [6, 6.07) is 6.91. The Morgan fingerprint density at radius 1 is 1.00 bits per heavy atom. The lowest BCUT2D eigenvalue weighted by Gasteiger charge is -2.24. The molecule has 1 aromatic carbocycles. The number of hydrogen-bond donors (Lipinski definition) is 9. The number of aromatic amines is 1. The third kappa shape index (κ3) is 6.56. The molecule has 10 heteroatoms. The number of carboxylic acids is 1. The Bertz CT molecular complexity index is 693. The van der Waals surface area contributed by atoms with Gasteiger partial charge < -0.3 is 46.5 Å². The molecule has 10 N–H and O–H groups in total. The SMILES string of the molecule is NC(Cc1c[nH]c2ccccc12)C(=O)O.OCC(O)C(O)C(O)C(O)CO. The third-order valence-corrected chi connectivity index (χ3v) is 3.94. The zero-order chi connectivity index (χ0) is 20.6. The van der Waals surface area contributed by atoms with E-state index in [4.69, 9.17) is 41.5 Å². The normalized spacial score (nSPS) is 16.7. The number of fused-ring (bicyclic) bond motifs is 1. The second-order valence-electron chi connectivity index (χ2n) is 5.99. The number of H-pyrrole nitrogens is 1. The molecule has 27 heavy (non-hydrogen) atoms. The van der Waals surface area contributed by atoms with Crippen molar-refractivity contribution in [3.05, 3.63) is 36.0 Å². The molecule has 1 heterocycles. The van der Waals surface area contributed by atoms with E-state index in [1.54, 1.807) is 0 Å². The van der Waals surface area contributed by atoms with Crippen LogP contribution in [-0.2, 0) is 11.2 Å². The predicted molar refractivity (Wildman–Crippen MR) is 95.8 cm³/mol. The molecule has 0 spiro atoms. The van der Waals surface area contributed by atoms with Crippen LogP contribution in [0.2, 0.25) is 0 Å². The summed E-state index contributed by atoms with van der Waals surface area (Å²) in [6.07, 6.45) is -4.23. The van der Waals surface area contributed by atoms with E-state index < -0.39 is 49.6 Å². The van der Waals surface area contributed by atoms with Gasteiger partial charge in [0.15, 0.2) is 0 Å². The minimum absolute atomic E-state index is 0.347. The van der Waals surface area contributed by atoms with E-state index in [2.05, 4.69) is 4.98 Å². The molecular weight excluding hydrogens is 360 g/mol. The summed E-state index contributed by atoms with van der Waals surface area (Å²) in [5.74, 6) is -0.972. The van der Waals surface area contributed by atoms with Crippen molar-refractivity contribution in [2.75, 3.05) is 13.2 Å². The highest BCUT2D eigenvalue weighted by molar-refractivity contribution is 5.84. The maximum atomic E-state index is 10.6. The van der Waals surface area contributed by atoms with E-state index in [1.165, 1.54) is 0 Å². The van der Waals surface area contributed by atoms with Crippen molar-refractivity contribution in [1.82, 2.24) is 4.98 Å². The monoisotopic (exact) mass is 386 g/mol. The fourth-order valence-electron chi connectivity index (χ4n) is 2.30. The number of benzene rings is 1. The van der Waals surface area contributed by atoms with Crippen LogP contribution in [0.25, 0.3) is 10.9 Å². The first-order valence-corrected chi connectivity index (χ1v) is 8.20. The average molecular weight is 386 g/mol. The number of rotatable bonds is 8. The molecule has 0 aliphatic heterocycles. The number of para-hydroxylation sites is 1. The number of aliphatic hydroxyl groups is 6. The van der Waals surface area contributed by atoms with Gasteiger partial charge in [0.1, 0.15) is 30.5 Å². The minimum Gasteiger partial charge on any atom is -0.480 e. The fraction of sp³-hybridized carbons (Fsp3) is 0.471. The van der Waals surface area contributed by atoms with Gasteiger partial charge in [0.05, 0.1) is 13.2 Å². The van der Waals surface area contributed by atoms with E-state index >= 15 is 0 Å². The minimum atomic E-state index is -1.67. The first-order valence-electron chi connectivity index (χ1n) is 8.20. The van der Waals surface area contributed by atoms with E-state index in [0.717, 1.165) is 16.5 Å². The summed E-state index contributed by atoms with van der Waals surface area (Å²) < 4.78 is 0. The summed E-state index contributed by atoms with van der Waals surface area (Å²) in [7, 11) is 0.